The molecule has 2 rings (SSSR count). The van der Waals surface area contributed by atoms with E-state index in [4.69, 9.17) is 0 Å². The number of imide groups is 1. The molecule has 0 radical (unpaired) electrons. The highest BCUT2D eigenvalue weighted by Crippen LogP contribution is 2.15. The minimum Gasteiger partial charge on any atom is -0.479 e. The molecule has 1 saturated heterocycles. The number of hydrogen-bond acceptors (Lipinski definition) is 3. The van der Waals surface area contributed by atoms with E-state index in [2.05, 4.69) is 5.32 Å². The van der Waals surface area contributed by atoms with Crippen LogP contribution < -0.4 is 5.32 Å². The first-order valence-corrected chi connectivity index (χ1v) is 7.69. The van der Waals surface area contributed by atoms with Gasteiger partial charge in [0.25, 0.3) is 0 Å². The van der Waals surface area contributed by atoms with Crippen LogP contribution in [0.4, 0.5) is 9.59 Å². The molecule has 0 saturated carbocycles. The number of carboxylic acids is 1. The fourth-order valence-electron chi connectivity index (χ4n) is 2.58. The minimum atomic E-state index is -1.19. The molecule has 0 aromatic heterocycles. The minimum absolute atomic E-state index is 0.183. The number of benzene rings is 1. The number of likely N-dealkylation sites (tertiary alicyclic amines) is 1. The van der Waals surface area contributed by atoms with Crippen LogP contribution in [0.1, 0.15) is 31.4 Å². The van der Waals surface area contributed by atoms with Crippen molar-refractivity contribution in [2.45, 2.75) is 25.8 Å². The lowest BCUT2D eigenvalue weighted by Gasteiger charge is -2.26. The lowest BCUT2D eigenvalue weighted by Crippen LogP contribution is -2.50. The van der Waals surface area contributed by atoms with Gasteiger partial charge in [-0.3, -0.25) is 0 Å². The Morgan fingerprint density at radius 2 is 1.83 bits per heavy atom. The van der Waals surface area contributed by atoms with Gasteiger partial charge in [0.05, 0.1) is 0 Å². The summed E-state index contributed by atoms with van der Waals surface area (Å²) in [5, 5.41) is 11.8. The molecular weight excluding hydrogens is 298 g/mol. The van der Waals surface area contributed by atoms with E-state index < -0.39 is 18.0 Å². The van der Waals surface area contributed by atoms with Crippen LogP contribution in [0, 0.1) is 0 Å². The number of rotatable bonds is 4. The van der Waals surface area contributed by atoms with E-state index in [1.807, 2.05) is 0 Å². The van der Waals surface area contributed by atoms with Gasteiger partial charge < -0.3 is 15.3 Å². The summed E-state index contributed by atoms with van der Waals surface area (Å²) in [4.78, 5) is 38.8. The molecular formula is C16H21N3O4. The van der Waals surface area contributed by atoms with Crippen molar-refractivity contribution in [2.75, 3.05) is 19.6 Å². The molecule has 1 aromatic carbocycles. The van der Waals surface area contributed by atoms with Gasteiger partial charge in [-0.1, -0.05) is 30.3 Å². The molecule has 7 nitrogen and oxygen atoms in total. The van der Waals surface area contributed by atoms with Crippen molar-refractivity contribution in [2.24, 2.45) is 0 Å². The molecule has 1 aliphatic rings. The highest BCUT2D eigenvalue weighted by Gasteiger charge is 2.30. The van der Waals surface area contributed by atoms with Crippen molar-refractivity contribution in [1.82, 2.24) is 15.1 Å². The Balaban J connectivity index is 2.10. The molecule has 1 fully saturated rings. The number of carbonyl (C=O) groups is 3. The van der Waals surface area contributed by atoms with Crippen LogP contribution in [-0.2, 0) is 4.79 Å². The zero-order valence-electron chi connectivity index (χ0n) is 13.1. The average Bonchev–Trinajstić information content (AvgIpc) is 3.08. The third-order valence-electron chi connectivity index (χ3n) is 3.82. The summed E-state index contributed by atoms with van der Waals surface area (Å²) in [6, 6.07) is 6.15. The van der Waals surface area contributed by atoms with Gasteiger partial charge in [-0.15, -0.1) is 0 Å². The third kappa shape index (κ3) is 4.00. The van der Waals surface area contributed by atoms with Crippen LogP contribution in [0.2, 0.25) is 0 Å². The fourth-order valence-corrected chi connectivity index (χ4v) is 2.58. The Hall–Kier alpha value is -2.57. The van der Waals surface area contributed by atoms with Crippen molar-refractivity contribution in [3.05, 3.63) is 35.9 Å². The second kappa shape index (κ2) is 7.62. The molecule has 7 heteroatoms. The van der Waals surface area contributed by atoms with Crippen molar-refractivity contribution in [1.29, 1.82) is 0 Å². The molecule has 1 heterocycles. The smallest absolute Gasteiger partial charge is 0.330 e. The van der Waals surface area contributed by atoms with Gasteiger partial charge in [0.1, 0.15) is 0 Å². The Morgan fingerprint density at radius 1 is 1.22 bits per heavy atom. The van der Waals surface area contributed by atoms with Gasteiger partial charge in [0.2, 0.25) is 0 Å². The van der Waals surface area contributed by atoms with Gasteiger partial charge in [0.15, 0.2) is 6.04 Å². The van der Waals surface area contributed by atoms with Crippen LogP contribution in [0.15, 0.2) is 30.3 Å². The van der Waals surface area contributed by atoms with Crippen LogP contribution in [-0.4, -0.2) is 52.6 Å². The molecule has 1 aliphatic heterocycles. The Morgan fingerprint density at radius 3 is 2.35 bits per heavy atom. The lowest BCUT2D eigenvalue weighted by molar-refractivity contribution is -0.139. The van der Waals surface area contributed by atoms with Gasteiger partial charge in [0, 0.05) is 19.6 Å². The van der Waals surface area contributed by atoms with Crippen molar-refractivity contribution in [3.8, 4) is 0 Å². The predicted molar refractivity (Wildman–Crippen MR) is 83.9 cm³/mol. The second-order valence-electron chi connectivity index (χ2n) is 5.35. The number of hydrogen-bond donors (Lipinski definition) is 2. The normalized spacial score (nSPS) is 15.1. The molecule has 23 heavy (non-hydrogen) atoms. The number of urea groups is 2. The van der Waals surface area contributed by atoms with Crippen molar-refractivity contribution < 1.29 is 19.5 Å². The Bertz CT molecular complexity index is 570. The first-order chi connectivity index (χ1) is 11.0. The maximum atomic E-state index is 12.4. The predicted octanol–water partition coefficient (Wildman–Crippen LogP) is 2.06. The average molecular weight is 319 g/mol. The highest BCUT2D eigenvalue weighted by atomic mass is 16.4. The molecule has 0 bridgehead atoms. The van der Waals surface area contributed by atoms with E-state index in [1.165, 1.54) is 0 Å². The number of carboxylic acid groups (broad SMARTS) is 1. The van der Waals surface area contributed by atoms with E-state index in [0.717, 1.165) is 17.7 Å². The molecule has 1 unspecified atom stereocenters. The van der Waals surface area contributed by atoms with Gasteiger partial charge in [-0.25, -0.2) is 19.3 Å². The van der Waals surface area contributed by atoms with Crippen molar-refractivity contribution in [3.63, 3.8) is 0 Å². The van der Waals surface area contributed by atoms with E-state index in [9.17, 15) is 19.5 Å². The Kier molecular flexibility index (Phi) is 5.56. The lowest BCUT2D eigenvalue weighted by atomic mass is 10.1. The standard InChI is InChI=1S/C16H21N3O4/c1-2-19(16(23)18-10-6-7-11-18)15(22)17-13(14(20)21)12-8-4-3-5-9-12/h3-5,8-9,13H,2,6-7,10-11H2,1H3,(H,17,22)(H,20,21). The number of nitrogens with one attached hydrogen (secondary N) is 1. The van der Waals surface area contributed by atoms with E-state index in [-0.39, 0.29) is 12.6 Å². The molecule has 4 amide bonds. The zero-order valence-corrected chi connectivity index (χ0v) is 13.1. The zero-order chi connectivity index (χ0) is 16.8. The summed E-state index contributed by atoms with van der Waals surface area (Å²) >= 11 is 0. The largest absolute Gasteiger partial charge is 0.479 e. The number of amides is 4. The maximum Gasteiger partial charge on any atom is 0.330 e. The van der Waals surface area contributed by atoms with E-state index >= 15 is 0 Å². The Labute approximate surface area is 134 Å². The van der Waals surface area contributed by atoms with Gasteiger partial charge in [-0.05, 0) is 25.3 Å². The summed E-state index contributed by atoms with van der Waals surface area (Å²) < 4.78 is 0. The summed E-state index contributed by atoms with van der Waals surface area (Å²) in [6.07, 6.45) is 1.85. The van der Waals surface area contributed by atoms with Crippen LogP contribution >= 0.6 is 0 Å². The summed E-state index contributed by atoms with van der Waals surface area (Å²) in [5.41, 5.74) is 0.457. The van der Waals surface area contributed by atoms with E-state index in [0.29, 0.717) is 18.7 Å². The highest BCUT2D eigenvalue weighted by molar-refractivity contribution is 5.95. The van der Waals surface area contributed by atoms with Crippen LogP contribution in [0.3, 0.4) is 0 Å². The number of aliphatic carboxylic acids is 1. The second-order valence-corrected chi connectivity index (χ2v) is 5.35. The maximum absolute atomic E-state index is 12.4. The van der Waals surface area contributed by atoms with Gasteiger partial charge >= 0.3 is 18.0 Å². The monoisotopic (exact) mass is 319 g/mol. The van der Waals surface area contributed by atoms with Crippen LogP contribution in [0.5, 0.6) is 0 Å². The summed E-state index contributed by atoms with van der Waals surface area (Å²) in [5.74, 6) is -1.17. The number of carbonyl (C=O) groups excluding carboxylic acids is 2. The molecule has 2 N–H and O–H groups in total. The SMILES string of the molecule is CCN(C(=O)NC(C(=O)O)c1ccccc1)C(=O)N1CCCC1. The summed E-state index contributed by atoms with van der Waals surface area (Å²) in [6.45, 7) is 3.13. The number of nitrogens with zero attached hydrogens (tertiary/aromatic N) is 2. The van der Waals surface area contributed by atoms with Crippen molar-refractivity contribution >= 4 is 18.0 Å². The molecule has 0 spiro atoms. The first-order valence-electron chi connectivity index (χ1n) is 7.69. The topological polar surface area (TPSA) is 90.0 Å². The van der Waals surface area contributed by atoms with E-state index in [1.54, 1.807) is 42.2 Å². The fraction of sp³-hybridized carbons (Fsp3) is 0.438. The quantitative estimate of drug-likeness (QED) is 0.889. The molecule has 1 aromatic rings. The molecule has 0 aliphatic carbocycles. The van der Waals surface area contributed by atoms with Gasteiger partial charge in [-0.2, -0.15) is 0 Å². The molecule has 1 atom stereocenters. The van der Waals surface area contributed by atoms with Crippen LogP contribution in [0.25, 0.3) is 0 Å². The summed E-state index contributed by atoms with van der Waals surface area (Å²) in [7, 11) is 0. The molecule has 124 valence electrons. The first kappa shape index (κ1) is 16.8. The third-order valence-corrected chi connectivity index (χ3v) is 3.82.